The van der Waals surface area contributed by atoms with Gasteiger partial charge >= 0.3 is 0 Å². The van der Waals surface area contributed by atoms with Crippen molar-refractivity contribution in [3.63, 3.8) is 0 Å². The Labute approximate surface area is 99.3 Å². The van der Waals surface area contributed by atoms with E-state index in [1.807, 2.05) is 0 Å². The molecular formula is C11H14ClN3O. The minimum atomic E-state index is -0.0753. The number of hydrogen-bond donors (Lipinski definition) is 3. The van der Waals surface area contributed by atoms with Gasteiger partial charge in [0.05, 0.1) is 5.02 Å². The molecule has 0 heterocycles. The van der Waals surface area contributed by atoms with Crippen molar-refractivity contribution in [2.75, 3.05) is 0 Å². The van der Waals surface area contributed by atoms with Gasteiger partial charge in [-0.25, -0.2) is 0 Å². The summed E-state index contributed by atoms with van der Waals surface area (Å²) in [4.78, 5) is 11.1. The van der Waals surface area contributed by atoms with E-state index in [2.05, 4.69) is 5.32 Å². The molecule has 1 aromatic carbocycles. The molecule has 1 amide bonds. The number of benzene rings is 1. The summed E-state index contributed by atoms with van der Waals surface area (Å²) in [5.41, 5.74) is 6.74. The van der Waals surface area contributed by atoms with Crippen molar-refractivity contribution in [1.82, 2.24) is 5.32 Å². The van der Waals surface area contributed by atoms with Crippen molar-refractivity contribution < 1.29 is 4.79 Å². The summed E-state index contributed by atoms with van der Waals surface area (Å²) < 4.78 is 0. The van der Waals surface area contributed by atoms with Gasteiger partial charge in [-0.3, -0.25) is 10.2 Å². The molecule has 0 saturated carbocycles. The molecule has 1 rings (SSSR count). The number of nitrogen functional groups attached to an aromatic ring is 1. The number of carbonyl (C=O) groups excluding carboxylic acids is 1. The zero-order valence-electron chi connectivity index (χ0n) is 9.01. The van der Waals surface area contributed by atoms with Crippen LogP contribution in [0.2, 0.25) is 5.02 Å². The highest BCUT2D eigenvalue weighted by molar-refractivity contribution is 6.33. The lowest BCUT2D eigenvalue weighted by atomic mass is 10.1. The fourth-order valence-electron chi connectivity index (χ4n) is 1.21. The Morgan fingerprint density at radius 2 is 2.25 bits per heavy atom. The third kappa shape index (κ3) is 3.24. The van der Waals surface area contributed by atoms with Crippen LogP contribution >= 0.6 is 11.6 Å². The van der Waals surface area contributed by atoms with Crippen molar-refractivity contribution in [2.45, 2.75) is 19.9 Å². The second-order valence-electron chi connectivity index (χ2n) is 3.36. The van der Waals surface area contributed by atoms with Crippen molar-refractivity contribution >= 4 is 23.3 Å². The molecule has 0 aliphatic heterocycles. The standard InChI is InChI=1S/C11H14ClN3O/c1-2-10(16)15-6-7-3-4-9(12)8(5-7)11(13)14/h3-5H,2,6H2,1H3,(H3,13,14)(H,15,16). The molecule has 4 nitrogen and oxygen atoms in total. The minimum Gasteiger partial charge on any atom is -0.384 e. The van der Waals surface area contributed by atoms with Crippen molar-refractivity contribution in [1.29, 1.82) is 5.41 Å². The van der Waals surface area contributed by atoms with Crippen LogP contribution in [0.4, 0.5) is 0 Å². The van der Waals surface area contributed by atoms with Gasteiger partial charge in [-0.2, -0.15) is 0 Å². The normalized spacial score (nSPS) is 9.88. The summed E-state index contributed by atoms with van der Waals surface area (Å²) in [6.45, 7) is 2.21. The molecule has 0 unspecified atom stereocenters. The van der Waals surface area contributed by atoms with E-state index in [0.29, 0.717) is 23.6 Å². The van der Waals surface area contributed by atoms with Crippen LogP contribution in [0.15, 0.2) is 18.2 Å². The predicted octanol–water partition coefficient (Wildman–Crippen LogP) is 1.65. The summed E-state index contributed by atoms with van der Waals surface area (Å²) in [6, 6.07) is 5.18. The number of rotatable bonds is 4. The highest BCUT2D eigenvalue weighted by atomic mass is 35.5. The summed E-state index contributed by atoms with van der Waals surface area (Å²) in [6.07, 6.45) is 0.452. The van der Waals surface area contributed by atoms with Crippen molar-refractivity contribution in [2.24, 2.45) is 5.73 Å². The maximum atomic E-state index is 11.1. The summed E-state index contributed by atoms with van der Waals surface area (Å²) in [5, 5.41) is 10.5. The third-order valence-corrected chi connectivity index (χ3v) is 2.46. The van der Waals surface area contributed by atoms with E-state index in [0.717, 1.165) is 5.56 Å². The second kappa shape index (κ2) is 5.51. The second-order valence-corrected chi connectivity index (χ2v) is 3.77. The van der Waals surface area contributed by atoms with Gasteiger partial charge in [-0.05, 0) is 17.7 Å². The monoisotopic (exact) mass is 239 g/mol. The van der Waals surface area contributed by atoms with Crippen LogP contribution in [0.5, 0.6) is 0 Å². The van der Waals surface area contributed by atoms with E-state index in [1.165, 1.54) is 0 Å². The number of carbonyl (C=O) groups is 1. The topological polar surface area (TPSA) is 79.0 Å². The van der Waals surface area contributed by atoms with E-state index in [-0.39, 0.29) is 11.7 Å². The van der Waals surface area contributed by atoms with Gasteiger partial charge in [-0.15, -0.1) is 0 Å². The molecule has 0 spiro atoms. The van der Waals surface area contributed by atoms with Crippen LogP contribution in [-0.2, 0) is 11.3 Å². The lowest BCUT2D eigenvalue weighted by molar-refractivity contribution is -0.120. The average Bonchev–Trinajstić information content (AvgIpc) is 2.27. The molecule has 0 atom stereocenters. The maximum Gasteiger partial charge on any atom is 0.219 e. The molecule has 5 heteroatoms. The smallest absolute Gasteiger partial charge is 0.219 e. The molecule has 0 aliphatic carbocycles. The Hall–Kier alpha value is -1.55. The molecule has 1 aromatic rings. The van der Waals surface area contributed by atoms with Crippen LogP contribution in [0.1, 0.15) is 24.5 Å². The lowest BCUT2D eigenvalue weighted by Crippen LogP contribution is -2.21. The van der Waals surface area contributed by atoms with Gasteiger partial charge in [0, 0.05) is 18.5 Å². The maximum absolute atomic E-state index is 11.1. The van der Waals surface area contributed by atoms with Gasteiger partial charge in [0.25, 0.3) is 0 Å². The molecule has 86 valence electrons. The number of amides is 1. The molecule has 0 radical (unpaired) electrons. The highest BCUT2D eigenvalue weighted by Gasteiger charge is 2.05. The Bertz CT molecular complexity index is 418. The van der Waals surface area contributed by atoms with E-state index in [4.69, 9.17) is 22.7 Å². The van der Waals surface area contributed by atoms with Crippen LogP contribution < -0.4 is 11.1 Å². The first-order valence-corrected chi connectivity index (χ1v) is 5.32. The van der Waals surface area contributed by atoms with Crippen LogP contribution in [0.3, 0.4) is 0 Å². The molecule has 0 fully saturated rings. The first-order valence-electron chi connectivity index (χ1n) is 4.94. The first-order chi connectivity index (χ1) is 7.54. The van der Waals surface area contributed by atoms with Crippen molar-refractivity contribution in [3.05, 3.63) is 34.3 Å². The fraction of sp³-hybridized carbons (Fsp3) is 0.273. The Morgan fingerprint density at radius 3 is 2.81 bits per heavy atom. The van der Waals surface area contributed by atoms with Crippen LogP contribution in [0.25, 0.3) is 0 Å². The van der Waals surface area contributed by atoms with E-state index < -0.39 is 0 Å². The zero-order chi connectivity index (χ0) is 12.1. The van der Waals surface area contributed by atoms with Crippen LogP contribution in [0, 0.1) is 5.41 Å². The van der Waals surface area contributed by atoms with Gasteiger partial charge in [0.15, 0.2) is 0 Å². The van der Waals surface area contributed by atoms with Gasteiger partial charge in [0.2, 0.25) is 5.91 Å². The quantitative estimate of drug-likeness (QED) is 0.552. The Kier molecular flexibility index (Phi) is 4.31. The average molecular weight is 240 g/mol. The molecule has 0 bridgehead atoms. The van der Waals surface area contributed by atoms with Crippen LogP contribution in [-0.4, -0.2) is 11.7 Å². The summed E-state index contributed by atoms with van der Waals surface area (Å²) in [5.74, 6) is -0.0898. The fourth-order valence-corrected chi connectivity index (χ4v) is 1.43. The summed E-state index contributed by atoms with van der Waals surface area (Å²) >= 11 is 5.87. The molecule has 4 N–H and O–H groups in total. The molecule has 0 saturated heterocycles. The molecule has 0 aromatic heterocycles. The zero-order valence-corrected chi connectivity index (χ0v) is 9.77. The summed E-state index contributed by atoms with van der Waals surface area (Å²) in [7, 11) is 0. The van der Waals surface area contributed by atoms with Gasteiger partial charge in [-0.1, -0.05) is 24.6 Å². The molecular weight excluding hydrogens is 226 g/mol. The largest absolute Gasteiger partial charge is 0.384 e. The first kappa shape index (κ1) is 12.5. The molecule has 0 aliphatic rings. The number of hydrogen-bond acceptors (Lipinski definition) is 2. The van der Waals surface area contributed by atoms with Gasteiger partial charge < -0.3 is 11.1 Å². The third-order valence-electron chi connectivity index (χ3n) is 2.13. The van der Waals surface area contributed by atoms with E-state index in [1.54, 1.807) is 25.1 Å². The van der Waals surface area contributed by atoms with E-state index >= 15 is 0 Å². The Morgan fingerprint density at radius 1 is 1.56 bits per heavy atom. The number of nitrogens with one attached hydrogen (secondary N) is 2. The minimum absolute atomic E-state index is 0.0145. The molecule has 16 heavy (non-hydrogen) atoms. The number of halogens is 1. The lowest BCUT2D eigenvalue weighted by Gasteiger charge is -2.07. The predicted molar refractivity (Wildman–Crippen MR) is 64.6 cm³/mol. The van der Waals surface area contributed by atoms with Crippen molar-refractivity contribution in [3.8, 4) is 0 Å². The Balaban J connectivity index is 2.79. The van der Waals surface area contributed by atoms with Gasteiger partial charge in [0.1, 0.15) is 5.84 Å². The highest BCUT2D eigenvalue weighted by Crippen LogP contribution is 2.16. The number of amidine groups is 1. The number of nitrogens with two attached hydrogens (primary N) is 1. The SMILES string of the molecule is CCC(=O)NCc1ccc(Cl)c(C(=N)N)c1. The van der Waals surface area contributed by atoms with E-state index in [9.17, 15) is 4.79 Å².